The fourth-order valence-corrected chi connectivity index (χ4v) is 3.38. The molecule has 6 nitrogen and oxygen atoms in total. The molecule has 1 saturated heterocycles. The number of aromatic amines is 1. The van der Waals surface area contributed by atoms with Crippen molar-refractivity contribution < 1.29 is 0 Å². The third-order valence-corrected chi connectivity index (χ3v) is 4.62. The van der Waals surface area contributed by atoms with Crippen LogP contribution in [0, 0.1) is 11.3 Å². The van der Waals surface area contributed by atoms with Gasteiger partial charge in [0.05, 0.1) is 17.4 Å². The molecule has 0 aromatic carbocycles. The van der Waals surface area contributed by atoms with E-state index >= 15 is 0 Å². The molecule has 4 rings (SSSR count). The van der Waals surface area contributed by atoms with Crippen molar-refractivity contribution in [1.29, 1.82) is 5.26 Å². The van der Waals surface area contributed by atoms with Gasteiger partial charge in [-0.05, 0) is 18.7 Å². The van der Waals surface area contributed by atoms with Gasteiger partial charge >= 0.3 is 0 Å². The molecule has 116 valence electrons. The minimum Gasteiger partial charge on any atom is -0.366 e. The first-order valence-electron chi connectivity index (χ1n) is 7.94. The highest BCUT2D eigenvalue weighted by Crippen LogP contribution is 2.35. The molecule has 6 heteroatoms. The summed E-state index contributed by atoms with van der Waals surface area (Å²) in [6.45, 7) is 7.10. The first-order valence-corrected chi connectivity index (χ1v) is 7.94. The lowest BCUT2D eigenvalue weighted by Crippen LogP contribution is -2.46. The molecule has 0 atom stereocenters. The van der Waals surface area contributed by atoms with Gasteiger partial charge in [-0.2, -0.15) is 5.26 Å². The van der Waals surface area contributed by atoms with Crippen LogP contribution in [0.5, 0.6) is 0 Å². The van der Waals surface area contributed by atoms with E-state index in [2.05, 4.69) is 37.7 Å². The van der Waals surface area contributed by atoms with Crippen molar-refractivity contribution in [3.8, 4) is 6.07 Å². The Hall–Kier alpha value is -2.65. The van der Waals surface area contributed by atoms with Crippen molar-refractivity contribution in [3.05, 3.63) is 30.2 Å². The number of piperazine rings is 1. The molecule has 1 fully saturated rings. The van der Waals surface area contributed by atoms with E-state index in [4.69, 9.17) is 0 Å². The van der Waals surface area contributed by atoms with E-state index in [0.29, 0.717) is 5.69 Å². The Balaban J connectivity index is 1.91. The summed E-state index contributed by atoms with van der Waals surface area (Å²) in [5, 5.41) is 11.7. The van der Waals surface area contributed by atoms with E-state index in [1.165, 1.54) is 0 Å². The summed E-state index contributed by atoms with van der Waals surface area (Å²) < 4.78 is 0. The zero-order valence-corrected chi connectivity index (χ0v) is 13.1. The molecule has 0 radical (unpaired) electrons. The molecule has 3 aromatic rings. The van der Waals surface area contributed by atoms with Gasteiger partial charge in [-0.15, -0.1) is 0 Å². The highest BCUT2D eigenvalue weighted by atomic mass is 15.3. The van der Waals surface area contributed by atoms with Crippen molar-refractivity contribution in [2.24, 2.45) is 0 Å². The van der Waals surface area contributed by atoms with Crippen LogP contribution < -0.4 is 4.90 Å². The number of anilines is 1. The number of hydrogen-bond acceptors (Lipinski definition) is 5. The Bertz CT molecular complexity index is 898. The van der Waals surface area contributed by atoms with Gasteiger partial charge in [-0.1, -0.05) is 6.92 Å². The van der Waals surface area contributed by atoms with E-state index in [9.17, 15) is 5.26 Å². The molecule has 0 amide bonds. The Kier molecular flexibility index (Phi) is 3.36. The summed E-state index contributed by atoms with van der Waals surface area (Å²) in [6.07, 6.45) is 3.51. The van der Waals surface area contributed by atoms with E-state index in [0.717, 1.165) is 60.3 Å². The van der Waals surface area contributed by atoms with Gasteiger partial charge in [0.1, 0.15) is 11.7 Å². The van der Waals surface area contributed by atoms with E-state index in [1.54, 1.807) is 12.4 Å². The van der Waals surface area contributed by atoms with E-state index in [-0.39, 0.29) is 0 Å². The third kappa shape index (κ3) is 2.21. The lowest BCUT2D eigenvalue weighted by Gasteiger charge is -2.36. The molecule has 0 saturated carbocycles. The lowest BCUT2D eigenvalue weighted by molar-refractivity contribution is 0.271. The highest BCUT2D eigenvalue weighted by molar-refractivity contribution is 6.13. The van der Waals surface area contributed by atoms with Crippen LogP contribution >= 0.6 is 0 Å². The van der Waals surface area contributed by atoms with Crippen molar-refractivity contribution in [3.63, 3.8) is 0 Å². The number of nitriles is 1. The molecule has 0 bridgehead atoms. The SMILES string of the molecule is CCN1CCN(c2c(C#N)ncc3[nH]c4ncccc4c23)CC1. The van der Waals surface area contributed by atoms with Crippen molar-refractivity contribution in [2.45, 2.75) is 6.92 Å². The number of rotatable bonds is 2. The number of hydrogen-bond donors (Lipinski definition) is 1. The summed E-state index contributed by atoms with van der Waals surface area (Å²) in [4.78, 5) is 16.8. The molecule has 0 aliphatic carbocycles. The summed E-state index contributed by atoms with van der Waals surface area (Å²) in [6, 6.07) is 6.25. The summed E-state index contributed by atoms with van der Waals surface area (Å²) in [7, 11) is 0. The molecular formula is C17H18N6. The van der Waals surface area contributed by atoms with Crippen molar-refractivity contribution in [1.82, 2.24) is 19.9 Å². The second-order valence-corrected chi connectivity index (χ2v) is 5.80. The van der Waals surface area contributed by atoms with Gasteiger partial charge < -0.3 is 14.8 Å². The van der Waals surface area contributed by atoms with Gasteiger partial charge in [0.15, 0.2) is 5.69 Å². The van der Waals surface area contributed by atoms with Gasteiger partial charge in [0.2, 0.25) is 0 Å². The molecule has 0 spiro atoms. The molecule has 4 heterocycles. The number of fused-ring (bicyclic) bond motifs is 3. The average Bonchev–Trinajstić information content (AvgIpc) is 2.99. The molecular weight excluding hydrogens is 288 g/mol. The van der Waals surface area contributed by atoms with Crippen LogP contribution in [-0.4, -0.2) is 52.6 Å². The first kappa shape index (κ1) is 14.0. The summed E-state index contributed by atoms with van der Waals surface area (Å²) in [5.74, 6) is 0. The maximum atomic E-state index is 9.54. The fourth-order valence-electron chi connectivity index (χ4n) is 3.38. The van der Waals surface area contributed by atoms with Gasteiger partial charge in [-0.25, -0.2) is 9.97 Å². The number of likely N-dealkylation sites (N-methyl/N-ethyl adjacent to an activating group) is 1. The van der Waals surface area contributed by atoms with E-state index < -0.39 is 0 Å². The maximum Gasteiger partial charge on any atom is 0.164 e. The highest BCUT2D eigenvalue weighted by Gasteiger charge is 2.23. The summed E-state index contributed by atoms with van der Waals surface area (Å²) in [5.41, 5.74) is 3.21. The Morgan fingerprint density at radius 1 is 1.26 bits per heavy atom. The van der Waals surface area contributed by atoms with Crippen LogP contribution in [0.4, 0.5) is 5.69 Å². The average molecular weight is 306 g/mol. The minimum atomic E-state index is 0.493. The number of pyridine rings is 2. The Morgan fingerprint density at radius 3 is 2.83 bits per heavy atom. The van der Waals surface area contributed by atoms with Crippen LogP contribution in [-0.2, 0) is 0 Å². The number of nitrogens with zero attached hydrogens (tertiary/aromatic N) is 5. The minimum absolute atomic E-state index is 0.493. The smallest absolute Gasteiger partial charge is 0.164 e. The van der Waals surface area contributed by atoms with Gasteiger partial charge in [0, 0.05) is 43.1 Å². The second kappa shape index (κ2) is 5.52. The fraction of sp³-hybridized carbons (Fsp3) is 0.353. The molecule has 1 N–H and O–H groups in total. The Morgan fingerprint density at radius 2 is 2.09 bits per heavy atom. The monoisotopic (exact) mass is 306 g/mol. The Labute approximate surface area is 134 Å². The largest absolute Gasteiger partial charge is 0.366 e. The number of aromatic nitrogens is 3. The molecule has 23 heavy (non-hydrogen) atoms. The van der Waals surface area contributed by atoms with Crippen LogP contribution in [0.15, 0.2) is 24.5 Å². The second-order valence-electron chi connectivity index (χ2n) is 5.80. The quantitative estimate of drug-likeness (QED) is 0.785. The predicted molar refractivity (Wildman–Crippen MR) is 90.4 cm³/mol. The van der Waals surface area contributed by atoms with Crippen LogP contribution in [0.1, 0.15) is 12.6 Å². The maximum absolute atomic E-state index is 9.54. The molecule has 0 unspecified atom stereocenters. The first-order chi connectivity index (χ1) is 11.3. The number of H-pyrrole nitrogens is 1. The van der Waals surface area contributed by atoms with Crippen LogP contribution in [0.2, 0.25) is 0 Å². The number of nitrogens with one attached hydrogen (secondary N) is 1. The molecule has 3 aromatic heterocycles. The lowest BCUT2D eigenvalue weighted by atomic mass is 10.1. The topological polar surface area (TPSA) is 71.8 Å². The van der Waals surface area contributed by atoms with Gasteiger partial charge in [0.25, 0.3) is 0 Å². The zero-order chi connectivity index (χ0) is 15.8. The van der Waals surface area contributed by atoms with Crippen molar-refractivity contribution in [2.75, 3.05) is 37.6 Å². The summed E-state index contributed by atoms with van der Waals surface area (Å²) >= 11 is 0. The van der Waals surface area contributed by atoms with Crippen molar-refractivity contribution >= 4 is 27.6 Å². The predicted octanol–water partition coefficient (Wildman–Crippen LogP) is 2.12. The van der Waals surface area contributed by atoms with Gasteiger partial charge in [-0.3, -0.25) is 0 Å². The van der Waals surface area contributed by atoms with E-state index in [1.807, 2.05) is 12.1 Å². The van der Waals surface area contributed by atoms with Crippen LogP contribution in [0.3, 0.4) is 0 Å². The molecule has 1 aliphatic rings. The normalized spacial score (nSPS) is 16.1. The zero-order valence-electron chi connectivity index (χ0n) is 13.1. The standard InChI is InChI=1S/C17H18N6/c1-2-22-6-8-23(9-7-22)16-13(10-18)20-11-14-15(16)12-4-3-5-19-17(12)21-14/h3-5,11H,2,6-9H2,1H3,(H,19,21). The third-order valence-electron chi connectivity index (χ3n) is 4.62. The molecule has 1 aliphatic heterocycles. The van der Waals surface area contributed by atoms with Crippen LogP contribution in [0.25, 0.3) is 21.9 Å².